The third-order valence-corrected chi connectivity index (χ3v) is 5.60. The van der Waals surface area contributed by atoms with E-state index < -0.39 is 6.17 Å². The van der Waals surface area contributed by atoms with Gasteiger partial charge in [0.25, 0.3) is 0 Å². The maximum atomic E-state index is 13.4. The van der Waals surface area contributed by atoms with E-state index in [-0.39, 0.29) is 0 Å². The van der Waals surface area contributed by atoms with E-state index in [9.17, 15) is 4.39 Å². The van der Waals surface area contributed by atoms with E-state index in [1.54, 1.807) is 0 Å². The van der Waals surface area contributed by atoms with Crippen LogP contribution >= 0.6 is 0 Å². The highest BCUT2D eigenvalue weighted by molar-refractivity contribution is 5.01. The Labute approximate surface area is 99.0 Å². The molecular formula is C15H25F. The molecule has 0 radical (unpaired) electrons. The monoisotopic (exact) mass is 224 g/mol. The minimum Gasteiger partial charge on any atom is -0.248 e. The fraction of sp³-hybridized carbons (Fsp3) is 1.00. The number of hydrogen-bond donors (Lipinski definition) is 0. The topological polar surface area (TPSA) is 0 Å². The van der Waals surface area contributed by atoms with Gasteiger partial charge < -0.3 is 0 Å². The Morgan fingerprint density at radius 3 is 2.00 bits per heavy atom. The van der Waals surface area contributed by atoms with Crippen LogP contribution in [0.15, 0.2) is 0 Å². The van der Waals surface area contributed by atoms with Crippen LogP contribution in [0.4, 0.5) is 4.39 Å². The first-order chi connectivity index (χ1) is 7.69. The van der Waals surface area contributed by atoms with Gasteiger partial charge in [0.1, 0.15) is 0 Å². The van der Waals surface area contributed by atoms with Crippen molar-refractivity contribution < 1.29 is 4.39 Å². The van der Waals surface area contributed by atoms with E-state index in [2.05, 4.69) is 0 Å². The summed E-state index contributed by atoms with van der Waals surface area (Å²) in [6.07, 6.45) is 11.0. The molecule has 1 atom stereocenters. The lowest BCUT2D eigenvalue weighted by Crippen LogP contribution is -2.46. The van der Waals surface area contributed by atoms with E-state index >= 15 is 0 Å². The van der Waals surface area contributed by atoms with E-state index in [0.717, 1.165) is 24.2 Å². The van der Waals surface area contributed by atoms with Crippen molar-refractivity contribution in [2.45, 2.75) is 70.9 Å². The third-order valence-electron chi connectivity index (χ3n) is 5.60. The van der Waals surface area contributed by atoms with Crippen molar-refractivity contribution in [3.05, 3.63) is 0 Å². The van der Waals surface area contributed by atoms with E-state index in [0.29, 0.717) is 11.8 Å². The first-order valence-electron chi connectivity index (χ1n) is 7.33. The van der Waals surface area contributed by atoms with E-state index in [4.69, 9.17) is 0 Å². The van der Waals surface area contributed by atoms with Gasteiger partial charge in [-0.25, -0.2) is 4.39 Å². The summed E-state index contributed by atoms with van der Waals surface area (Å²) in [5.41, 5.74) is 0.592. The average molecular weight is 224 g/mol. The highest BCUT2D eigenvalue weighted by atomic mass is 19.1. The van der Waals surface area contributed by atoms with Crippen molar-refractivity contribution in [3.8, 4) is 0 Å². The van der Waals surface area contributed by atoms with Crippen molar-refractivity contribution >= 4 is 0 Å². The van der Waals surface area contributed by atoms with Gasteiger partial charge in [-0.1, -0.05) is 6.92 Å². The minimum atomic E-state index is -0.534. The molecule has 0 nitrogen and oxygen atoms in total. The fourth-order valence-corrected chi connectivity index (χ4v) is 5.26. The minimum absolute atomic E-state index is 0.534. The maximum Gasteiger partial charge on any atom is 0.0999 e. The zero-order valence-corrected chi connectivity index (χ0v) is 10.6. The van der Waals surface area contributed by atoms with Gasteiger partial charge in [-0.2, -0.15) is 0 Å². The second-order valence-electron chi connectivity index (χ2n) is 6.96. The average Bonchev–Trinajstić information content (AvgIpc) is 2.24. The molecule has 4 saturated carbocycles. The van der Waals surface area contributed by atoms with Gasteiger partial charge in [0.2, 0.25) is 0 Å². The highest BCUT2D eigenvalue weighted by Crippen LogP contribution is 2.61. The van der Waals surface area contributed by atoms with Gasteiger partial charge in [0, 0.05) is 0 Å². The SMILES string of the molecule is CCC(F)CCC12CC3CC(CC(C3)C1)C2. The smallest absolute Gasteiger partial charge is 0.0999 e. The van der Waals surface area contributed by atoms with Crippen LogP contribution in [0.2, 0.25) is 0 Å². The second kappa shape index (κ2) is 3.99. The molecule has 0 aromatic heterocycles. The fourth-order valence-electron chi connectivity index (χ4n) is 5.26. The quantitative estimate of drug-likeness (QED) is 0.647. The Hall–Kier alpha value is -0.0700. The number of halogens is 1. The molecule has 92 valence electrons. The molecule has 4 bridgehead atoms. The molecule has 0 spiro atoms. The molecule has 0 amide bonds. The summed E-state index contributed by atoms with van der Waals surface area (Å²) in [5.74, 6) is 3.06. The molecule has 0 N–H and O–H groups in total. The van der Waals surface area contributed by atoms with Gasteiger partial charge in [0.15, 0.2) is 0 Å². The molecule has 1 unspecified atom stereocenters. The van der Waals surface area contributed by atoms with Crippen LogP contribution in [-0.4, -0.2) is 6.17 Å². The maximum absolute atomic E-state index is 13.4. The molecule has 16 heavy (non-hydrogen) atoms. The van der Waals surface area contributed by atoms with Crippen molar-refractivity contribution in [1.29, 1.82) is 0 Å². The lowest BCUT2D eigenvalue weighted by Gasteiger charge is -2.57. The first kappa shape index (κ1) is 11.0. The number of rotatable bonds is 4. The summed E-state index contributed by atoms with van der Waals surface area (Å²) in [4.78, 5) is 0. The third kappa shape index (κ3) is 1.91. The summed E-state index contributed by atoms with van der Waals surface area (Å²) >= 11 is 0. The van der Waals surface area contributed by atoms with Crippen molar-refractivity contribution in [3.63, 3.8) is 0 Å². The summed E-state index contributed by atoms with van der Waals surface area (Å²) in [7, 11) is 0. The Morgan fingerprint density at radius 2 is 1.56 bits per heavy atom. The van der Waals surface area contributed by atoms with E-state index in [1.165, 1.54) is 44.9 Å². The Balaban J connectivity index is 1.64. The molecule has 4 aliphatic rings. The molecule has 0 aromatic rings. The standard InChI is InChI=1S/C15H25F/c1-2-14(16)3-4-15-8-11-5-12(9-15)7-13(6-11)10-15/h11-14H,2-10H2,1H3. The molecule has 0 saturated heterocycles. The predicted molar refractivity (Wildman–Crippen MR) is 65.0 cm³/mol. The van der Waals surface area contributed by atoms with Gasteiger partial charge in [-0.05, 0) is 81.0 Å². The molecule has 0 heterocycles. The molecule has 1 heteroatoms. The van der Waals surface area contributed by atoms with Crippen LogP contribution in [-0.2, 0) is 0 Å². The van der Waals surface area contributed by atoms with Gasteiger partial charge in [-0.3, -0.25) is 0 Å². The summed E-state index contributed by atoms with van der Waals surface area (Å²) < 4.78 is 13.4. The van der Waals surface area contributed by atoms with Crippen LogP contribution in [0.1, 0.15) is 64.7 Å². The lowest BCUT2D eigenvalue weighted by atomic mass is 9.48. The van der Waals surface area contributed by atoms with Crippen molar-refractivity contribution in [2.24, 2.45) is 23.2 Å². The predicted octanol–water partition coefficient (Wildman–Crippen LogP) is 4.73. The van der Waals surface area contributed by atoms with Crippen molar-refractivity contribution in [1.82, 2.24) is 0 Å². The summed E-state index contributed by atoms with van der Waals surface area (Å²) in [6.45, 7) is 1.98. The molecule has 0 aromatic carbocycles. The normalized spacial score (nSPS) is 47.2. The molecular weight excluding hydrogens is 199 g/mol. The van der Waals surface area contributed by atoms with Crippen LogP contribution in [0.5, 0.6) is 0 Å². The zero-order valence-electron chi connectivity index (χ0n) is 10.6. The first-order valence-corrected chi connectivity index (χ1v) is 7.33. The lowest BCUT2D eigenvalue weighted by molar-refractivity contribution is -0.0607. The Kier molecular flexibility index (Phi) is 2.76. The van der Waals surface area contributed by atoms with Crippen LogP contribution in [0.25, 0.3) is 0 Å². The Bertz CT molecular complexity index is 223. The van der Waals surface area contributed by atoms with Crippen LogP contribution in [0.3, 0.4) is 0 Å². The zero-order chi connectivity index (χ0) is 11.2. The molecule has 4 rings (SSSR count). The van der Waals surface area contributed by atoms with Gasteiger partial charge in [-0.15, -0.1) is 0 Å². The molecule has 4 aliphatic carbocycles. The van der Waals surface area contributed by atoms with Crippen LogP contribution in [0, 0.1) is 23.2 Å². The Morgan fingerprint density at radius 1 is 1.06 bits per heavy atom. The van der Waals surface area contributed by atoms with Gasteiger partial charge >= 0.3 is 0 Å². The summed E-state index contributed by atoms with van der Waals surface area (Å²) in [5, 5.41) is 0. The largest absolute Gasteiger partial charge is 0.248 e. The number of hydrogen-bond acceptors (Lipinski definition) is 0. The van der Waals surface area contributed by atoms with Crippen LogP contribution < -0.4 is 0 Å². The molecule has 4 fully saturated rings. The van der Waals surface area contributed by atoms with E-state index in [1.807, 2.05) is 6.92 Å². The number of alkyl halides is 1. The molecule has 0 aliphatic heterocycles. The van der Waals surface area contributed by atoms with Gasteiger partial charge in [0.05, 0.1) is 6.17 Å². The van der Waals surface area contributed by atoms with Crippen molar-refractivity contribution in [2.75, 3.05) is 0 Å². The highest BCUT2D eigenvalue weighted by Gasteiger charge is 2.50. The summed E-state index contributed by atoms with van der Waals surface area (Å²) in [6, 6.07) is 0. The second-order valence-corrected chi connectivity index (χ2v) is 6.96.